The zero-order valence-electron chi connectivity index (χ0n) is 11.9. The van der Waals surface area contributed by atoms with Gasteiger partial charge in [-0.3, -0.25) is 0 Å². The van der Waals surface area contributed by atoms with Crippen LogP contribution in [0.3, 0.4) is 0 Å². The first-order chi connectivity index (χ1) is 10.1. The fourth-order valence-corrected chi connectivity index (χ4v) is 2.28. The van der Waals surface area contributed by atoms with Gasteiger partial charge in [0.1, 0.15) is 5.75 Å². The molecule has 0 saturated carbocycles. The minimum atomic E-state index is -2.81. The van der Waals surface area contributed by atoms with Crippen molar-refractivity contribution in [3.63, 3.8) is 0 Å². The van der Waals surface area contributed by atoms with Gasteiger partial charge in [-0.25, -0.2) is 0 Å². The highest BCUT2D eigenvalue weighted by Gasteiger charge is 2.10. The summed E-state index contributed by atoms with van der Waals surface area (Å²) in [6.45, 7) is -0.677. The molecule has 0 bridgehead atoms. The maximum absolute atomic E-state index is 12.1. The van der Waals surface area contributed by atoms with Gasteiger partial charge in [-0.2, -0.15) is 8.78 Å². The number of hydrogen-bond acceptors (Lipinski definition) is 2. The third kappa shape index (κ3) is 4.26. The Balaban J connectivity index is 2.15. The van der Waals surface area contributed by atoms with Crippen LogP contribution in [0.4, 0.5) is 8.78 Å². The van der Waals surface area contributed by atoms with Crippen molar-refractivity contribution in [2.24, 2.45) is 5.73 Å². The maximum Gasteiger partial charge on any atom is 0.387 e. The molecule has 2 N–H and O–H groups in total. The lowest BCUT2D eigenvalue weighted by Crippen LogP contribution is -2.12. The molecule has 2 aromatic carbocycles. The van der Waals surface area contributed by atoms with E-state index in [0.29, 0.717) is 0 Å². The van der Waals surface area contributed by atoms with E-state index >= 15 is 0 Å². The molecular weight excluding hydrogens is 272 g/mol. The third-order valence-corrected chi connectivity index (χ3v) is 3.31. The molecule has 0 radical (unpaired) electrons. The highest BCUT2D eigenvalue weighted by atomic mass is 19.3. The predicted octanol–water partition coefficient (Wildman–Crippen LogP) is 4.29. The number of benzene rings is 2. The first-order valence-electron chi connectivity index (χ1n) is 6.99. The van der Waals surface area contributed by atoms with Crippen LogP contribution in [0.25, 0.3) is 0 Å². The van der Waals surface area contributed by atoms with Gasteiger partial charge in [-0.1, -0.05) is 49.7 Å². The Morgan fingerprint density at radius 3 is 2.38 bits per heavy atom. The number of halogens is 2. The molecule has 1 unspecified atom stereocenters. The zero-order chi connectivity index (χ0) is 15.2. The van der Waals surface area contributed by atoms with Gasteiger partial charge in [-0.05, 0) is 35.2 Å². The summed E-state index contributed by atoms with van der Waals surface area (Å²) < 4.78 is 28.6. The zero-order valence-corrected chi connectivity index (χ0v) is 11.9. The molecular formula is C17H19F2NO. The summed E-state index contributed by atoms with van der Waals surface area (Å²) in [5, 5.41) is 0. The molecule has 21 heavy (non-hydrogen) atoms. The van der Waals surface area contributed by atoms with Crippen LogP contribution in [-0.2, 0) is 6.42 Å². The Kier molecular flexibility index (Phi) is 5.28. The second kappa shape index (κ2) is 7.18. The van der Waals surface area contributed by atoms with Crippen LogP contribution >= 0.6 is 0 Å². The lowest BCUT2D eigenvalue weighted by atomic mass is 9.97. The van der Waals surface area contributed by atoms with Gasteiger partial charge in [0.05, 0.1) is 6.04 Å². The fraction of sp³-hybridized carbons (Fsp3) is 0.294. The number of alkyl halides is 2. The molecule has 1 atom stereocenters. The molecule has 4 heteroatoms. The number of nitrogens with two attached hydrogens (primary N) is 1. The lowest BCUT2D eigenvalue weighted by Gasteiger charge is -2.14. The largest absolute Gasteiger partial charge is 0.435 e. The van der Waals surface area contributed by atoms with E-state index in [1.54, 1.807) is 12.1 Å². The third-order valence-electron chi connectivity index (χ3n) is 3.31. The summed E-state index contributed by atoms with van der Waals surface area (Å²) in [6.07, 6.45) is 2.10. The van der Waals surface area contributed by atoms with E-state index < -0.39 is 6.61 Å². The monoisotopic (exact) mass is 291 g/mol. The van der Waals surface area contributed by atoms with Gasteiger partial charge in [-0.15, -0.1) is 0 Å². The molecule has 0 aliphatic rings. The van der Waals surface area contributed by atoms with Gasteiger partial charge in [0.15, 0.2) is 0 Å². The Hall–Kier alpha value is -1.94. The molecule has 0 fully saturated rings. The first kappa shape index (κ1) is 15.4. The van der Waals surface area contributed by atoms with E-state index in [0.717, 1.165) is 24.0 Å². The molecule has 2 rings (SSSR count). The van der Waals surface area contributed by atoms with Crippen LogP contribution < -0.4 is 10.5 Å². The fourth-order valence-electron chi connectivity index (χ4n) is 2.28. The van der Waals surface area contributed by atoms with Crippen LogP contribution in [0.2, 0.25) is 0 Å². The van der Waals surface area contributed by atoms with E-state index in [2.05, 4.69) is 23.8 Å². The number of hydrogen-bond donors (Lipinski definition) is 1. The quantitative estimate of drug-likeness (QED) is 0.861. The van der Waals surface area contributed by atoms with Crippen LogP contribution in [0.5, 0.6) is 5.75 Å². The lowest BCUT2D eigenvalue weighted by molar-refractivity contribution is -0.0498. The smallest absolute Gasteiger partial charge is 0.387 e. The van der Waals surface area contributed by atoms with Crippen molar-refractivity contribution in [2.75, 3.05) is 0 Å². The molecule has 2 aromatic rings. The summed E-state index contributed by atoms with van der Waals surface area (Å²) in [5.74, 6) is 0.140. The normalized spacial score (nSPS) is 12.4. The Bertz CT molecular complexity index is 569. The van der Waals surface area contributed by atoms with Crippen LogP contribution in [0.1, 0.15) is 36.1 Å². The second-order valence-corrected chi connectivity index (χ2v) is 4.92. The molecule has 0 aliphatic carbocycles. The average molecular weight is 291 g/mol. The van der Waals surface area contributed by atoms with E-state index in [4.69, 9.17) is 5.73 Å². The highest BCUT2D eigenvalue weighted by molar-refractivity contribution is 5.36. The summed E-state index contributed by atoms with van der Waals surface area (Å²) in [4.78, 5) is 0. The topological polar surface area (TPSA) is 35.2 Å². The van der Waals surface area contributed by atoms with E-state index in [1.807, 2.05) is 12.1 Å². The Morgan fingerprint density at radius 2 is 1.76 bits per heavy atom. The minimum absolute atomic E-state index is 0.140. The van der Waals surface area contributed by atoms with Crippen molar-refractivity contribution >= 4 is 0 Å². The predicted molar refractivity (Wildman–Crippen MR) is 79.5 cm³/mol. The van der Waals surface area contributed by atoms with Gasteiger partial charge in [0, 0.05) is 0 Å². The number of ether oxygens (including phenoxy) is 1. The van der Waals surface area contributed by atoms with Crippen molar-refractivity contribution < 1.29 is 13.5 Å². The minimum Gasteiger partial charge on any atom is -0.435 e. The van der Waals surface area contributed by atoms with Crippen molar-refractivity contribution in [1.29, 1.82) is 0 Å². The van der Waals surface area contributed by atoms with Gasteiger partial charge in [0.2, 0.25) is 0 Å². The Morgan fingerprint density at radius 1 is 1.05 bits per heavy atom. The van der Waals surface area contributed by atoms with Gasteiger partial charge < -0.3 is 10.5 Å². The molecule has 0 aliphatic heterocycles. The van der Waals surface area contributed by atoms with E-state index in [-0.39, 0.29) is 11.8 Å². The van der Waals surface area contributed by atoms with Crippen molar-refractivity contribution in [3.8, 4) is 5.75 Å². The summed E-state index contributed by atoms with van der Waals surface area (Å²) >= 11 is 0. The van der Waals surface area contributed by atoms with Crippen molar-refractivity contribution in [2.45, 2.75) is 32.4 Å². The molecule has 0 spiro atoms. The van der Waals surface area contributed by atoms with Crippen LogP contribution in [0, 0.1) is 0 Å². The van der Waals surface area contributed by atoms with E-state index in [1.165, 1.54) is 17.7 Å². The standard InChI is InChI=1S/C17H19F2NO/c1-2-4-12-5-3-6-14(11-12)16(20)13-7-9-15(10-8-13)21-17(18)19/h3,5-11,16-17H,2,4,20H2,1H3. The molecule has 0 saturated heterocycles. The van der Waals surface area contributed by atoms with Crippen molar-refractivity contribution in [1.82, 2.24) is 0 Å². The van der Waals surface area contributed by atoms with Gasteiger partial charge in [0.25, 0.3) is 0 Å². The SMILES string of the molecule is CCCc1cccc(C(N)c2ccc(OC(F)F)cc2)c1. The second-order valence-electron chi connectivity index (χ2n) is 4.92. The molecule has 2 nitrogen and oxygen atoms in total. The van der Waals surface area contributed by atoms with Gasteiger partial charge >= 0.3 is 6.61 Å². The van der Waals surface area contributed by atoms with Crippen molar-refractivity contribution in [3.05, 3.63) is 65.2 Å². The maximum atomic E-state index is 12.1. The average Bonchev–Trinajstić information content (AvgIpc) is 2.47. The molecule has 0 heterocycles. The molecule has 112 valence electrons. The van der Waals surface area contributed by atoms with Crippen LogP contribution in [0.15, 0.2) is 48.5 Å². The number of aryl methyl sites for hydroxylation is 1. The summed E-state index contributed by atoms with van der Waals surface area (Å²) in [5.41, 5.74) is 9.38. The summed E-state index contributed by atoms with van der Waals surface area (Å²) in [6, 6.07) is 14.3. The first-order valence-corrected chi connectivity index (χ1v) is 6.99. The van der Waals surface area contributed by atoms with Crippen LogP contribution in [-0.4, -0.2) is 6.61 Å². The number of rotatable bonds is 6. The van der Waals surface area contributed by atoms with E-state index in [9.17, 15) is 8.78 Å². The Labute approximate surface area is 123 Å². The molecule has 0 aromatic heterocycles. The highest BCUT2D eigenvalue weighted by Crippen LogP contribution is 2.23. The molecule has 0 amide bonds. The summed E-state index contributed by atoms with van der Waals surface area (Å²) in [7, 11) is 0.